The highest BCUT2D eigenvalue weighted by atomic mass is 127. The van der Waals surface area contributed by atoms with Crippen molar-refractivity contribution in [2.45, 2.75) is 63.2 Å². The van der Waals surface area contributed by atoms with Crippen molar-refractivity contribution in [3.05, 3.63) is 9.53 Å². The van der Waals surface area contributed by atoms with Crippen molar-refractivity contribution in [2.75, 3.05) is 19.9 Å². The lowest BCUT2D eigenvalue weighted by atomic mass is 10.1. The molecule has 1 fully saturated rings. The Bertz CT molecular complexity index is 974. The number of amides is 1. The zero-order valence-electron chi connectivity index (χ0n) is 17.9. The number of methoxy groups -OCH3 is 1. The maximum Gasteiger partial charge on any atom is 0.410 e. The third-order valence-electron chi connectivity index (χ3n) is 4.91. The molecule has 0 spiro atoms. The molecule has 164 valence electrons. The van der Waals surface area contributed by atoms with Crippen LogP contribution in [0.3, 0.4) is 0 Å². The maximum absolute atomic E-state index is 12.7. The number of likely N-dealkylation sites (tertiary alicyclic amines) is 1. The van der Waals surface area contributed by atoms with Gasteiger partial charge in [0.1, 0.15) is 14.3 Å². The van der Waals surface area contributed by atoms with Crippen LogP contribution in [-0.4, -0.2) is 68.3 Å². The number of hydrogen-bond acceptors (Lipinski definition) is 8. The van der Waals surface area contributed by atoms with E-state index in [1.807, 2.05) is 34.0 Å². The van der Waals surface area contributed by atoms with Crippen molar-refractivity contribution in [1.82, 2.24) is 24.6 Å². The van der Waals surface area contributed by atoms with Gasteiger partial charge in [0.25, 0.3) is 0 Å². The van der Waals surface area contributed by atoms with E-state index in [9.17, 15) is 9.59 Å². The summed E-state index contributed by atoms with van der Waals surface area (Å²) >= 11 is 3.57. The topological polar surface area (TPSA) is 99.4 Å². The van der Waals surface area contributed by atoms with Crippen molar-refractivity contribution >= 4 is 57.4 Å². The summed E-state index contributed by atoms with van der Waals surface area (Å²) in [6, 6.07) is -0.255. The number of ether oxygens (including phenoxy) is 2. The molecule has 30 heavy (non-hydrogen) atoms. The second-order valence-corrected chi connectivity index (χ2v) is 9.92. The summed E-state index contributed by atoms with van der Waals surface area (Å²) in [7, 11) is 1.30. The molecule has 0 aromatic carbocycles. The predicted octanol–water partition coefficient (Wildman–Crippen LogP) is 3.90. The Hall–Kier alpha value is -1.63. The predicted molar refractivity (Wildman–Crippen MR) is 122 cm³/mol. The first kappa shape index (κ1) is 23.0. The Morgan fingerprint density at radius 1 is 1.30 bits per heavy atom. The highest BCUT2D eigenvalue weighted by molar-refractivity contribution is 14.1. The number of rotatable bonds is 4. The molecule has 1 saturated heterocycles. The monoisotopic (exact) mass is 547 g/mol. The molecule has 1 aliphatic heterocycles. The van der Waals surface area contributed by atoms with E-state index in [1.165, 1.54) is 18.9 Å². The van der Waals surface area contributed by atoms with Gasteiger partial charge in [-0.1, -0.05) is 0 Å². The molecule has 0 radical (unpaired) electrons. The molecule has 0 N–H and O–H groups in total. The molecule has 3 rings (SSSR count). The number of nitrogens with zero attached hydrogens (tertiary/aromatic N) is 5. The summed E-state index contributed by atoms with van der Waals surface area (Å²) in [5.74, 6) is -0.603. The van der Waals surface area contributed by atoms with Crippen molar-refractivity contribution in [2.24, 2.45) is 0 Å². The van der Waals surface area contributed by atoms with Gasteiger partial charge in [-0.05, 0) is 69.4 Å². The molecule has 2 aromatic rings. The van der Waals surface area contributed by atoms with Gasteiger partial charge in [-0.2, -0.15) is 5.10 Å². The molecular formula is C19H26IN5O4S. The molecule has 1 aliphatic rings. The fraction of sp³-hybridized carbons (Fsp3) is 0.632. The summed E-state index contributed by atoms with van der Waals surface area (Å²) in [5, 5.41) is 6.16. The van der Waals surface area contributed by atoms with Crippen LogP contribution in [-0.2, 0) is 9.47 Å². The highest BCUT2D eigenvalue weighted by Gasteiger charge is 2.37. The third kappa shape index (κ3) is 4.51. The first-order valence-corrected chi connectivity index (χ1v) is 12.0. The second kappa shape index (κ2) is 8.85. The molecule has 11 heteroatoms. The normalized spacial score (nSPS) is 18.0. The minimum Gasteiger partial charge on any atom is -0.463 e. The maximum atomic E-state index is 12.7. The third-order valence-corrected chi connectivity index (χ3v) is 6.34. The van der Waals surface area contributed by atoms with Crippen molar-refractivity contribution < 1.29 is 19.1 Å². The quantitative estimate of drug-likeness (QED) is 0.246. The molecule has 0 bridgehead atoms. The summed E-state index contributed by atoms with van der Waals surface area (Å²) < 4.78 is 12.9. The first-order chi connectivity index (χ1) is 14.1. The smallest absolute Gasteiger partial charge is 0.410 e. The van der Waals surface area contributed by atoms with E-state index in [2.05, 4.69) is 32.6 Å². The molecule has 2 atom stereocenters. The lowest BCUT2D eigenvalue weighted by Crippen LogP contribution is -2.43. The molecule has 0 unspecified atom stereocenters. The average Bonchev–Trinajstić information content (AvgIpc) is 3.30. The lowest BCUT2D eigenvalue weighted by Gasteiger charge is -2.31. The largest absolute Gasteiger partial charge is 0.463 e. The fourth-order valence-corrected chi connectivity index (χ4v) is 5.07. The zero-order valence-corrected chi connectivity index (χ0v) is 20.9. The molecular weight excluding hydrogens is 521 g/mol. The second-order valence-electron chi connectivity index (χ2n) is 8.11. The number of hydrogen-bond donors (Lipinski definition) is 0. The van der Waals surface area contributed by atoms with E-state index >= 15 is 0 Å². The van der Waals surface area contributed by atoms with Crippen LogP contribution in [0.25, 0.3) is 11.0 Å². The van der Waals surface area contributed by atoms with Gasteiger partial charge < -0.3 is 14.4 Å². The molecule has 0 saturated carbocycles. The van der Waals surface area contributed by atoms with Crippen LogP contribution in [0.4, 0.5) is 4.79 Å². The Labute approximate surface area is 193 Å². The number of thioether (sulfide) groups is 1. The Balaban J connectivity index is 2.03. The standard InChI is InChI=1S/C19H26IN5O4S/c1-10(11-8-7-9-24(11)18(27)29-19(2,3)4)25-15-12(13(20)23-25)16(30-6)22-14(21-15)17(26)28-5/h10-11H,7-9H2,1-6H3/t10-,11-/m0/s1. The van der Waals surface area contributed by atoms with Crippen LogP contribution >= 0.6 is 34.4 Å². The van der Waals surface area contributed by atoms with Gasteiger partial charge in [0.15, 0.2) is 5.65 Å². The summed E-state index contributed by atoms with van der Waals surface area (Å²) in [6.45, 7) is 8.22. The van der Waals surface area contributed by atoms with Crippen LogP contribution in [0, 0.1) is 3.70 Å². The zero-order chi connectivity index (χ0) is 22.2. The van der Waals surface area contributed by atoms with Crippen LogP contribution < -0.4 is 0 Å². The van der Waals surface area contributed by atoms with Gasteiger partial charge in [-0.15, -0.1) is 11.8 Å². The van der Waals surface area contributed by atoms with Crippen LogP contribution in [0.5, 0.6) is 0 Å². The van der Waals surface area contributed by atoms with E-state index < -0.39 is 11.6 Å². The number of halogens is 1. The number of fused-ring (bicyclic) bond motifs is 1. The van der Waals surface area contributed by atoms with Gasteiger partial charge in [-0.25, -0.2) is 24.2 Å². The summed E-state index contributed by atoms with van der Waals surface area (Å²) in [5.41, 5.74) is -0.000360. The van der Waals surface area contributed by atoms with E-state index in [0.717, 1.165) is 21.9 Å². The van der Waals surface area contributed by atoms with Gasteiger partial charge in [-0.3, -0.25) is 0 Å². The van der Waals surface area contributed by atoms with Crippen molar-refractivity contribution in [3.63, 3.8) is 0 Å². The SMILES string of the molecule is COC(=O)c1nc(SC)c2c(I)nn([C@@H](C)[C@@H]3CCCN3C(=O)OC(C)(C)C)c2n1. The minimum absolute atomic E-state index is 0.00507. The van der Waals surface area contributed by atoms with E-state index in [0.29, 0.717) is 17.2 Å². The summed E-state index contributed by atoms with van der Waals surface area (Å²) in [6.07, 6.45) is 3.30. The number of carbonyl (C=O) groups excluding carboxylic acids is 2. The van der Waals surface area contributed by atoms with Crippen LogP contribution in [0.2, 0.25) is 0 Å². The summed E-state index contributed by atoms with van der Waals surface area (Å²) in [4.78, 5) is 35.4. The number of carbonyl (C=O) groups is 2. The van der Waals surface area contributed by atoms with E-state index in [-0.39, 0.29) is 24.0 Å². The van der Waals surface area contributed by atoms with Crippen molar-refractivity contribution in [3.8, 4) is 0 Å². The number of esters is 1. The average molecular weight is 547 g/mol. The Morgan fingerprint density at radius 3 is 2.60 bits per heavy atom. The Morgan fingerprint density at radius 2 is 2.00 bits per heavy atom. The molecule has 2 aromatic heterocycles. The minimum atomic E-state index is -0.598. The van der Waals surface area contributed by atoms with Gasteiger partial charge in [0.05, 0.1) is 24.6 Å². The lowest BCUT2D eigenvalue weighted by molar-refractivity contribution is 0.0185. The van der Waals surface area contributed by atoms with Crippen molar-refractivity contribution in [1.29, 1.82) is 0 Å². The van der Waals surface area contributed by atoms with Crippen LogP contribution in [0.15, 0.2) is 5.03 Å². The molecule has 3 heterocycles. The van der Waals surface area contributed by atoms with Gasteiger partial charge >= 0.3 is 12.1 Å². The highest BCUT2D eigenvalue weighted by Crippen LogP contribution is 2.34. The van der Waals surface area contributed by atoms with Gasteiger partial charge in [0.2, 0.25) is 5.82 Å². The first-order valence-electron chi connectivity index (χ1n) is 9.65. The van der Waals surface area contributed by atoms with Crippen LogP contribution in [0.1, 0.15) is 57.2 Å². The van der Waals surface area contributed by atoms with Gasteiger partial charge in [0, 0.05) is 6.54 Å². The van der Waals surface area contributed by atoms with E-state index in [1.54, 1.807) is 9.58 Å². The molecule has 0 aliphatic carbocycles. The Kier molecular flexibility index (Phi) is 6.80. The molecule has 1 amide bonds. The van der Waals surface area contributed by atoms with E-state index in [4.69, 9.17) is 14.6 Å². The fourth-order valence-electron chi connectivity index (χ4n) is 3.59. The molecule has 9 nitrogen and oxygen atoms in total. The number of aromatic nitrogens is 4.